The quantitative estimate of drug-likeness (QED) is 0.822. The van der Waals surface area contributed by atoms with E-state index >= 15 is 0 Å². The van der Waals surface area contributed by atoms with Crippen LogP contribution in [0.5, 0.6) is 5.75 Å². The monoisotopic (exact) mass is 240 g/mol. The van der Waals surface area contributed by atoms with E-state index in [0.717, 1.165) is 16.2 Å². The number of carbonyl (C=O) groups is 1. The zero-order chi connectivity index (χ0) is 12.3. The molecule has 3 nitrogen and oxygen atoms in total. The van der Waals surface area contributed by atoms with Gasteiger partial charge in [-0.3, -0.25) is 4.79 Å². The fourth-order valence-electron chi connectivity index (χ4n) is 1.25. The lowest BCUT2D eigenvalue weighted by Crippen LogP contribution is -2.26. The lowest BCUT2D eigenvalue weighted by atomic mass is 10.2. The lowest BCUT2D eigenvalue weighted by Gasteiger charge is -2.18. The first-order valence-electron chi connectivity index (χ1n) is 4.94. The highest BCUT2D eigenvalue weighted by molar-refractivity contribution is 8.01. The lowest BCUT2D eigenvalue weighted by molar-refractivity contribution is -0.138. The minimum Gasteiger partial charge on any atom is -0.496 e. The summed E-state index contributed by atoms with van der Waals surface area (Å²) >= 11 is 1.33. The van der Waals surface area contributed by atoms with E-state index in [1.807, 2.05) is 25.1 Å². The van der Waals surface area contributed by atoms with Crippen molar-refractivity contribution in [3.63, 3.8) is 0 Å². The summed E-state index contributed by atoms with van der Waals surface area (Å²) in [4.78, 5) is 11.9. The summed E-state index contributed by atoms with van der Waals surface area (Å²) in [6.07, 6.45) is 0. The smallest absolute Gasteiger partial charge is 0.319 e. The third-order valence-electron chi connectivity index (χ3n) is 2.25. The van der Waals surface area contributed by atoms with Gasteiger partial charge in [-0.2, -0.15) is 0 Å². The second kappa shape index (κ2) is 4.78. The molecule has 1 rings (SSSR count). The molecule has 1 N–H and O–H groups in total. The van der Waals surface area contributed by atoms with E-state index in [9.17, 15) is 4.79 Å². The third-order valence-corrected chi connectivity index (χ3v) is 3.43. The SMILES string of the molecule is COc1ccc(SC(C)(C)C(=O)O)cc1C. The molecule has 0 unspecified atom stereocenters. The predicted octanol–water partition coefficient (Wildman–Crippen LogP) is 2.96. The van der Waals surface area contributed by atoms with E-state index in [4.69, 9.17) is 9.84 Å². The van der Waals surface area contributed by atoms with Crippen molar-refractivity contribution in [1.29, 1.82) is 0 Å². The third kappa shape index (κ3) is 2.92. The van der Waals surface area contributed by atoms with Gasteiger partial charge in [-0.25, -0.2) is 0 Å². The Morgan fingerprint density at radius 3 is 2.50 bits per heavy atom. The number of hydrogen-bond donors (Lipinski definition) is 1. The average molecular weight is 240 g/mol. The van der Waals surface area contributed by atoms with Gasteiger partial charge in [0.2, 0.25) is 0 Å². The minimum atomic E-state index is -0.818. The molecule has 1 aromatic carbocycles. The maximum Gasteiger partial charge on any atom is 0.319 e. The number of aliphatic carboxylic acids is 1. The van der Waals surface area contributed by atoms with Gasteiger partial charge in [0.25, 0.3) is 0 Å². The Balaban J connectivity index is 2.91. The number of hydrogen-bond acceptors (Lipinski definition) is 3. The van der Waals surface area contributed by atoms with Crippen molar-refractivity contribution in [3.05, 3.63) is 23.8 Å². The molecule has 0 heterocycles. The molecule has 0 saturated heterocycles. The van der Waals surface area contributed by atoms with Gasteiger partial charge < -0.3 is 9.84 Å². The molecule has 88 valence electrons. The molecular weight excluding hydrogens is 224 g/mol. The van der Waals surface area contributed by atoms with Crippen molar-refractivity contribution < 1.29 is 14.6 Å². The van der Waals surface area contributed by atoms with Crippen LogP contribution in [0.25, 0.3) is 0 Å². The molecule has 4 heteroatoms. The Kier molecular flexibility index (Phi) is 3.86. The van der Waals surface area contributed by atoms with Crippen molar-refractivity contribution in [2.75, 3.05) is 7.11 Å². The van der Waals surface area contributed by atoms with Crippen LogP contribution < -0.4 is 4.74 Å². The molecule has 0 radical (unpaired) electrons. The van der Waals surface area contributed by atoms with Gasteiger partial charge in [-0.1, -0.05) is 0 Å². The van der Waals surface area contributed by atoms with Gasteiger partial charge >= 0.3 is 5.97 Å². The zero-order valence-electron chi connectivity index (χ0n) is 9.90. The van der Waals surface area contributed by atoms with E-state index in [2.05, 4.69) is 0 Å². The highest BCUT2D eigenvalue weighted by atomic mass is 32.2. The van der Waals surface area contributed by atoms with E-state index < -0.39 is 10.7 Å². The summed E-state index contributed by atoms with van der Waals surface area (Å²) in [6.45, 7) is 5.33. The first kappa shape index (κ1) is 12.9. The molecular formula is C12H16O3S. The van der Waals surface area contributed by atoms with Gasteiger partial charge in [-0.05, 0) is 44.5 Å². The molecule has 0 aliphatic heterocycles. The molecule has 1 aromatic rings. The molecule has 0 spiro atoms. The van der Waals surface area contributed by atoms with E-state index in [-0.39, 0.29) is 0 Å². The summed E-state index contributed by atoms with van der Waals surface area (Å²) < 4.78 is 4.33. The number of carboxylic acid groups (broad SMARTS) is 1. The summed E-state index contributed by atoms with van der Waals surface area (Å²) in [5.41, 5.74) is 1.01. The van der Waals surface area contributed by atoms with Gasteiger partial charge in [0, 0.05) is 4.90 Å². The maximum atomic E-state index is 11.0. The van der Waals surface area contributed by atoms with Crippen LogP contribution in [0.1, 0.15) is 19.4 Å². The molecule has 0 aliphatic rings. The molecule has 0 bridgehead atoms. The molecule has 0 aliphatic carbocycles. The number of carboxylic acids is 1. The Hall–Kier alpha value is -1.16. The van der Waals surface area contributed by atoms with Crippen molar-refractivity contribution in [3.8, 4) is 5.75 Å². The fourth-order valence-corrected chi connectivity index (χ4v) is 2.30. The first-order valence-corrected chi connectivity index (χ1v) is 5.75. The van der Waals surface area contributed by atoms with Crippen molar-refractivity contribution in [2.24, 2.45) is 0 Å². The van der Waals surface area contributed by atoms with E-state index in [1.54, 1.807) is 21.0 Å². The maximum absolute atomic E-state index is 11.0. The van der Waals surface area contributed by atoms with Crippen molar-refractivity contribution in [2.45, 2.75) is 30.4 Å². The number of thioether (sulfide) groups is 1. The standard InChI is InChI=1S/C12H16O3S/c1-8-7-9(5-6-10(8)15-4)16-12(2,3)11(13)14/h5-7H,1-4H3,(H,13,14). The Bertz CT molecular complexity index is 399. The Morgan fingerprint density at radius 1 is 1.44 bits per heavy atom. The summed E-state index contributed by atoms with van der Waals surface area (Å²) in [5.74, 6) is 0.00320. The van der Waals surface area contributed by atoms with Crippen LogP contribution in [0, 0.1) is 6.92 Å². The zero-order valence-corrected chi connectivity index (χ0v) is 10.7. The predicted molar refractivity (Wildman–Crippen MR) is 65.3 cm³/mol. The van der Waals surface area contributed by atoms with Gasteiger partial charge in [0.05, 0.1) is 7.11 Å². The summed E-state index contributed by atoms with van der Waals surface area (Å²) in [5, 5.41) is 9.03. The molecule has 0 amide bonds. The molecule has 0 aromatic heterocycles. The number of rotatable bonds is 4. The number of aryl methyl sites for hydroxylation is 1. The van der Waals surface area contributed by atoms with Gasteiger partial charge in [0.1, 0.15) is 10.5 Å². The normalized spacial score (nSPS) is 11.2. The summed E-state index contributed by atoms with van der Waals surface area (Å²) in [6, 6.07) is 5.67. The van der Waals surface area contributed by atoms with Crippen LogP contribution in [-0.2, 0) is 4.79 Å². The van der Waals surface area contributed by atoms with Gasteiger partial charge in [0.15, 0.2) is 0 Å². The number of ether oxygens (including phenoxy) is 1. The molecule has 16 heavy (non-hydrogen) atoms. The van der Waals surface area contributed by atoms with Crippen LogP contribution in [-0.4, -0.2) is 22.9 Å². The topological polar surface area (TPSA) is 46.5 Å². The largest absolute Gasteiger partial charge is 0.496 e. The number of benzene rings is 1. The highest BCUT2D eigenvalue weighted by Crippen LogP contribution is 2.34. The first-order chi connectivity index (χ1) is 7.36. The second-order valence-corrected chi connectivity index (χ2v) is 5.75. The Labute approximate surface area is 99.8 Å². The van der Waals surface area contributed by atoms with Crippen LogP contribution in [0.3, 0.4) is 0 Å². The average Bonchev–Trinajstić information content (AvgIpc) is 2.17. The van der Waals surface area contributed by atoms with Gasteiger partial charge in [-0.15, -0.1) is 11.8 Å². The Morgan fingerprint density at radius 2 is 2.06 bits per heavy atom. The van der Waals surface area contributed by atoms with E-state index in [0.29, 0.717) is 0 Å². The number of methoxy groups -OCH3 is 1. The minimum absolute atomic E-state index is 0.814. The van der Waals surface area contributed by atoms with Crippen LogP contribution in [0.4, 0.5) is 0 Å². The van der Waals surface area contributed by atoms with Crippen LogP contribution in [0.2, 0.25) is 0 Å². The molecule has 0 atom stereocenters. The second-order valence-electron chi connectivity index (χ2n) is 4.05. The fraction of sp³-hybridized carbons (Fsp3) is 0.417. The molecule has 0 saturated carbocycles. The summed E-state index contributed by atoms with van der Waals surface area (Å²) in [7, 11) is 1.62. The van der Waals surface area contributed by atoms with Crippen LogP contribution in [0.15, 0.2) is 23.1 Å². The highest BCUT2D eigenvalue weighted by Gasteiger charge is 2.28. The van der Waals surface area contributed by atoms with Crippen molar-refractivity contribution >= 4 is 17.7 Å². The van der Waals surface area contributed by atoms with E-state index in [1.165, 1.54) is 11.8 Å². The molecule has 0 fully saturated rings. The van der Waals surface area contributed by atoms with Crippen LogP contribution >= 0.6 is 11.8 Å². The van der Waals surface area contributed by atoms with Crippen molar-refractivity contribution in [1.82, 2.24) is 0 Å².